The molecule has 26 heavy (non-hydrogen) atoms. The van der Waals surface area contributed by atoms with E-state index in [1.807, 2.05) is 0 Å². The van der Waals surface area contributed by atoms with Gasteiger partial charge in [0.2, 0.25) is 0 Å². The SMILES string of the molecule is COC(=O)Cn1cc(-c2cccc(F)c2Cl)c(=O)n(CC[S+](C)[O-])c1=O. The maximum atomic E-state index is 13.8. The van der Waals surface area contributed by atoms with E-state index >= 15 is 0 Å². The molecule has 0 N–H and O–H groups in total. The molecule has 1 aromatic heterocycles. The minimum absolute atomic E-state index is 0.0557. The Bertz CT molecular complexity index is 941. The molecule has 1 aromatic carbocycles. The average molecular weight is 403 g/mol. The van der Waals surface area contributed by atoms with Gasteiger partial charge in [0.15, 0.2) is 0 Å². The predicted octanol–water partition coefficient (Wildman–Crippen LogP) is 1.02. The highest BCUT2D eigenvalue weighted by atomic mass is 35.5. The number of ether oxygens (including phenoxy) is 1. The van der Waals surface area contributed by atoms with E-state index in [-0.39, 0.29) is 28.4 Å². The Morgan fingerprint density at radius 1 is 1.35 bits per heavy atom. The highest BCUT2D eigenvalue weighted by molar-refractivity contribution is 7.90. The summed E-state index contributed by atoms with van der Waals surface area (Å²) in [5, 5.41) is -0.279. The van der Waals surface area contributed by atoms with Gasteiger partial charge in [0.05, 0.1) is 30.5 Å². The van der Waals surface area contributed by atoms with Gasteiger partial charge >= 0.3 is 11.7 Å². The number of carbonyl (C=O) groups is 1. The van der Waals surface area contributed by atoms with Crippen LogP contribution < -0.4 is 11.2 Å². The lowest BCUT2D eigenvalue weighted by molar-refractivity contribution is -0.141. The molecular weight excluding hydrogens is 387 g/mol. The second-order valence-corrected chi connectivity index (χ2v) is 7.30. The molecule has 0 amide bonds. The van der Waals surface area contributed by atoms with E-state index in [1.165, 1.54) is 18.4 Å². The summed E-state index contributed by atoms with van der Waals surface area (Å²) in [4.78, 5) is 36.8. The third-order valence-electron chi connectivity index (χ3n) is 3.61. The van der Waals surface area contributed by atoms with Crippen molar-refractivity contribution in [1.82, 2.24) is 9.13 Å². The highest BCUT2D eigenvalue weighted by Gasteiger charge is 2.18. The molecule has 10 heteroatoms. The molecule has 0 aliphatic carbocycles. The van der Waals surface area contributed by atoms with Crippen LogP contribution in [0.2, 0.25) is 5.02 Å². The van der Waals surface area contributed by atoms with Crippen LogP contribution in [0, 0.1) is 5.82 Å². The number of hydrogen-bond donors (Lipinski definition) is 0. The standard InChI is InChI=1S/C16H16ClFN2O5S/c1-25-13(21)9-19-8-11(10-4-3-5-12(18)14(10)17)15(22)20(16(19)23)6-7-26(2)24/h3-5,8H,6-7,9H2,1-2H3. The highest BCUT2D eigenvalue weighted by Crippen LogP contribution is 2.27. The van der Waals surface area contributed by atoms with Gasteiger partial charge in [-0.25, -0.2) is 9.18 Å². The number of hydrogen-bond acceptors (Lipinski definition) is 5. The molecule has 0 fully saturated rings. The smallest absolute Gasteiger partial charge is 0.331 e. The second-order valence-electron chi connectivity index (χ2n) is 5.36. The first-order valence-electron chi connectivity index (χ1n) is 7.41. The van der Waals surface area contributed by atoms with Gasteiger partial charge in [0.1, 0.15) is 18.1 Å². The fourth-order valence-corrected chi connectivity index (χ4v) is 2.95. The first-order chi connectivity index (χ1) is 12.3. The number of halogens is 2. The lowest BCUT2D eigenvalue weighted by Gasteiger charge is -2.14. The van der Waals surface area contributed by atoms with Gasteiger partial charge in [-0.05, 0) is 6.07 Å². The molecule has 0 saturated heterocycles. The minimum atomic E-state index is -1.25. The molecule has 1 heterocycles. The van der Waals surface area contributed by atoms with Crippen molar-refractivity contribution in [3.8, 4) is 11.1 Å². The zero-order valence-corrected chi connectivity index (χ0v) is 15.6. The van der Waals surface area contributed by atoms with Crippen LogP contribution in [-0.2, 0) is 33.8 Å². The summed E-state index contributed by atoms with van der Waals surface area (Å²) in [6, 6.07) is 3.93. The maximum Gasteiger partial charge on any atom is 0.331 e. The molecule has 140 valence electrons. The van der Waals surface area contributed by atoms with Crippen molar-refractivity contribution in [1.29, 1.82) is 0 Å². The first-order valence-corrected chi connectivity index (χ1v) is 9.52. The van der Waals surface area contributed by atoms with Gasteiger partial charge in [-0.1, -0.05) is 34.9 Å². The molecular formula is C16H16ClFN2O5S. The van der Waals surface area contributed by atoms with Crippen molar-refractivity contribution >= 4 is 28.7 Å². The Morgan fingerprint density at radius 2 is 2.04 bits per heavy atom. The van der Waals surface area contributed by atoms with Crippen LogP contribution >= 0.6 is 11.6 Å². The zero-order valence-electron chi connectivity index (χ0n) is 14.0. The van der Waals surface area contributed by atoms with E-state index in [0.29, 0.717) is 0 Å². The molecule has 0 aliphatic rings. The van der Waals surface area contributed by atoms with E-state index in [2.05, 4.69) is 4.74 Å². The van der Waals surface area contributed by atoms with Crippen LogP contribution in [0.15, 0.2) is 34.0 Å². The number of esters is 1. The predicted molar refractivity (Wildman–Crippen MR) is 96.3 cm³/mol. The molecule has 0 bridgehead atoms. The number of nitrogens with zero attached hydrogens (tertiary/aromatic N) is 2. The molecule has 0 saturated carbocycles. The summed E-state index contributed by atoms with van der Waals surface area (Å²) in [5.74, 6) is -1.36. The third-order valence-corrected chi connectivity index (χ3v) is 4.75. The normalized spacial score (nSPS) is 12.0. The Hall–Kier alpha value is -2.10. The van der Waals surface area contributed by atoms with E-state index in [4.69, 9.17) is 11.6 Å². The zero-order chi connectivity index (χ0) is 19.4. The third kappa shape index (κ3) is 4.35. The summed E-state index contributed by atoms with van der Waals surface area (Å²) < 4.78 is 31.5. The van der Waals surface area contributed by atoms with Crippen molar-refractivity contribution < 1.29 is 18.5 Å². The molecule has 2 rings (SSSR count). The Labute approximate surface area is 156 Å². The quantitative estimate of drug-likeness (QED) is 0.531. The van der Waals surface area contributed by atoms with Crippen molar-refractivity contribution in [2.45, 2.75) is 13.1 Å². The lowest BCUT2D eigenvalue weighted by Crippen LogP contribution is -2.42. The van der Waals surface area contributed by atoms with Crippen LogP contribution in [-0.4, -0.2) is 38.8 Å². The van der Waals surface area contributed by atoms with Crippen molar-refractivity contribution in [2.75, 3.05) is 19.1 Å². The number of rotatable bonds is 6. The van der Waals surface area contributed by atoms with E-state index in [9.17, 15) is 23.3 Å². The van der Waals surface area contributed by atoms with Crippen LogP contribution in [0.25, 0.3) is 11.1 Å². The van der Waals surface area contributed by atoms with E-state index in [0.717, 1.165) is 28.5 Å². The number of benzene rings is 1. The van der Waals surface area contributed by atoms with Crippen LogP contribution in [0.4, 0.5) is 4.39 Å². The molecule has 2 aromatic rings. The van der Waals surface area contributed by atoms with Gasteiger partial charge in [0.25, 0.3) is 5.56 Å². The summed E-state index contributed by atoms with van der Waals surface area (Å²) >= 11 is 4.71. The molecule has 0 spiro atoms. The van der Waals surface area contributed by atoms with Crippen LogP contribution in [0.5, 0.6) is 0 Å². The Kier molecular flexibility index (Phi) is 6.63. The topological polar surface area (TPSA) is 93.4 Å². The maximum absolute atomic E-state index is 13.8. The molecule has 0 aliphatic heterocycles. The van der Waals surface area contributed by atoms with Crippen LogP contribution in [0.1, 0.15) is 0 Å². The summed E-state index contributed by atoms with van der Waals surface area (Å²) in [7, 11) is 1.16. The molecule has 1 unspecified atom stereocenters. The van der Waals surface area contributed by atoms with E-state index < -0.39 is 40.8 Å². The second kappa shape index (κ2) is 8.52. The van der Waals surface area contributed by atoms with E-state index in [1.54, 1.807) is 0 Å². The Morgan fingerprint density at radius 3 is 2.65 bits per heavy atom. The molecule has 1 atom stereocenters. The summed E-state index contributed by atoms with van der Waals surface area (Å²) in [6.45, 7) is -0.562. The van der Waals surface area contributed by atoms with Crippen LogP contribution in [0.3, 0.4) is 0 Å². The van der Waals surface area contributed by atoms with Gasteiger partial charge in [-0.3, -0.25) is 18.7 Å². The van der Waals surface area contributed by atoms with Crippen molar-refractivity contribution in [2.24, 2.45) is 0 Å². The fraction of sp³-hybridized carbons (Fsp3) is 0.312. The largest absolute Gasteiger partial charge is 0.617 e. The monoisotopic (exact) mass is 402 g/mol. The van der Waals surface area contributed by atoms with Gasteiger partial charge in [-0.15, -0.1) is 0 Å². The van der Waals surface area contributed by atoms with Gasteiger partial charge in [-0.2, -0.15) is 0 Å². The molecule has 7 nitrogen and oxygen atoms in total. The average Bonchev–Trinajstić information content (AvgIpc) is 2.59. The van der Waals surface area contributed by atoms with Crippen molar-refractivity contribution in [3.63, 3.8) is 0 Å². The first kappa shape index (κ1) is 20.2. The number of methoxy groups -OCH3 is 1. The molecule has 0 radical (unpaired) electrons. The van der Waals surface area contributed by atoms with Crippen molar-refractivity contribution in [3.05, 3.63) is 56.1 Å². The number of carbonyl (C=O) groups excluding carboxylic acids is 1. The Balaban J connectivity index is 2.70. The van der Waals surface area contributed by atoms with Gasteiger partial charge in [0, 0.05) is 11.8 Å². The summed E-state index contributed by atoms with van der Waals surface area (Å²) in [5.41, 5.74) is -1.45. The summed E-state index contributed by atoms with van der Waals surface area (Å²) in [6.07, 6.45) is 2.58. The minimum Gasteiger partial charge on any atom is -0.617 e. The number of aromatic nitrogens is 2. The fourth-order valence-electron chi connectivity index (χ4n) is 2.28. The van der Waals surface area contributed by atoms with Gasteiger partial charge < -0.3 is 9.29 Å². The lowest BCUT2D eigenvalue weighted by atomic mass is 10.1.